The smallest absolute Gasteiger partial charge is 0.317 e. The van der Waals surface area contributed by atoms with Crippen LogP contribution < -0.4 is 16.6 Å². The number of aliphatic carboxylic acids is 1. The Labute approximate surface area is 196 Å². The summed E-state index contributed by atoms with van der Waals surface area (Å²) in [7, 11) is 1.46. The van der Waals surface area contributed by atoms with Crippen LogP contribution in [0, 0.1) is 5.41 Å². The summed E-state index contributed by atoms with van der Waals surface area (Å²) in [5.74, 6) is -1.60. The van der Waals surface area contributed by atoms with Gasteiger partial charge in [0.2, 0.25) is 0 Å². The van der Waals surface area contributed by atoms with Gasteiger partial charge >= 0.3 is 5.97 Å². The van der Waals surface area contributed by atoms with Gasteiger partial charge < -0.3 is 16.2 Å². The maximum absolute atomic E-state index is 12.8. The number of aryl methyl sites for hydroxylation is 1. The number of hydrogen-bond acceptors (Lipinski definition) is 6. The molecule has 5 N–H and O–H groups in total. The van der Waals surface area contributed by atoms with Crippen molar-refractivity contribution in [1.29, 1.82) is 5.41 Å². The van der Waals surface area contributed by atoms with Gasteiger partial charge in [-0.25, -0.2) is 4.68 Å². The van der Waals surface area contributed by atoms with Crippen LogP contribution in [0.5, 0.6) is 0 Å². The Morgan fingerprint density at radius 3 is 2.44 bits per heavy atom. The van der Waals surface area contributed by atoms with E-state index < -0.39 is 17.4 Å². The molecule has 34 heavy (non-hydrogen) atoms. The van der Waals surface area contributed by atoms with Crippen LogP contribution in [0.1, 0.15) is 21.5 Å². The van der Waals surface area contributed by atoms with Crippen LogP contribution in [0.3, 0.4) is 0 Å². The standard InChI is InChI=1S/C24H26N6O4/c1-29-24(34)19(13-20(28-29)17-7-9-18(10-8-17)22(25)26)23(33)27-11-12-30(15-21(31)32)14-16-5-3-2-4-6-16/h2-10,13H,11-12,14-15H2,1H3,(H3,25,26)(H,27,33)(H,31,32). The molecule has 176 valence electrons. The molecule has 1 heterocycles. The van der Waals surface area contributed by atoms with E-state index in [-0.39, 0.29) is 31.0 Å². The molecule has 0 spiro atoms. The van der Waals surface area contributed by atoms with Crippen molar-refractivity contribution >= 4 is 17.7 Å². The molecule has 0 aliphatic rings. The second-order valence-electron chi connectivity index (χ2n) is 7.71. The van der Waals surface area contributed by atoms with Crippen molar-refractivity contribution in [2.45, 2.75) is 6.54 Å². The fourth-order valence-electron chi connectivity index (χ4n) is 3.40. The van der Waals surface area contributed by atoms with E-state index in [1.807, 2.05) is 30.3 Å². The van der Waals surface area contributed by atoms with Gasteiger partial charge in [0.05, 0.1) is 12.2 Å². The molecule has 0 aliphatic carbocycles. The Morgan fingerprint density at radius 1 is 1.15 bits per heavy atom. The van der Waals surface area contributed by atoms with E-state index in [1.165, 1.54) is 13.1 Å². The highest BCUT2D eigenvalue weighted by atomic mass is 16.4. The van der Waals surface area contributed by atoms with Crippen molar-refractivity contribution in [1.82, 2.24) is 20.0 Å². The molecule has 2 aromatic carbocycles. The maximum atomic E-state index is 12.8. The summed E-state index contributed by atoms with van der Waals surface area (Å²) in [6.45, 7) is 0.688. The highest BCUT2D eigenvalue weighted by Gasteiger charge is 2.16. The van der Waals surface area contributed by atoms with E-state index in [9.17, 15) is 19.5 Å². The number of rotatable bonds is 10. The van der Waals surface area contributed by atoms with Crippen molar-refractivity contribution in [2.75, 3.05) is 19.6 Å². The first-order valence-electron chi connectivity index (χ1n) is 10.5. The zero-order valence-corrected chi connectivity index (χ0v) is 18.7. The number of carboxylic acids is 1. The van der Waals surface area contributed by atoms with E-state index in [1.54, 1.807) is 29.2 Å². The summed E-state index contributed by atoms with van der Waals surface area (Å²) in [6.07, 6.45) is 0. The van der Waals surface area contributed by atoms with Gasteiger partial charge in [-0.05, 0) is 11.6 Å². The van der Waals surface area contributed by atoms with Crippen molar-refractivity contribution in [2.24, 2.45) is 12.8 Å². The number of nitrogens with zero attached hydrogens (tertiary/aromatic N) is 3. The first-order valence-corrected chi connectivity index (χ1v) is 10.5. The molecule has 10 nitrogen and oxygen atoms in total. The van der Waals surface area contributed by atoms with E-state index in [2.05, 4.69) is 10.4 Å². The minimum Gasteiger partial charge on any atom is -0.480 e. The number of nitrogens with two attached hydrogens (primary N) is 1. The molecule has 1 aromatic heterocycles. The number of carbonyl (C=O) groups excluding carboxylic acids is 1. The second kappa shape index (κ2) is 11.0. The molecule has 10 heteroatoms. The molecular weight excluding hydrogens is 436 g/mol. The number of hydrogen-bond donors (Lipinski definition) is 4. The molecule has 0 radical (unpaired) electrons. The Bertz CT molecular complexity index is 1240. The summed E-state index contributed by atoms with van der Waals surface area (Å²) in [6, 6.07) is 17.6. The number of carboxylic acid groups (broad SMARTS) is 1. The van der Waals surface area contributed by atoms with Crippen LogP contribution in [-0.4, -0.2) is 57.1 Å². The number of nitrogen functional groups attached to an aromatic ring is 1. The first-order chi connectivity index (χ1) is 16.2. The lowest BCUT2D eigenvalue weighted by Crippen LogP contribution is -2.39. The highest BCUT2D eigenvalue weighted by molar-refractivity contribution is 5.96. The number of amidine groups is 1. The SMILES string of the molecule is Cn1nc(-c2ccc(C(=N)N)cc2)cc(C(=O)NCCN(CC(=O)O)Cc2ccccc2)c1=O. The van der Waals surface area contributed by atoms with Crippen molar-refractivity contribution in [3.8, 4) is 11.3 Å². The van der Waals surface area contributed by atoms with Gasteiger partial charge in [0.15, 0.2) is 0 Å². The summed E-state index contributed by atoms with van der Waals surface area (Å²) in [5, 5.41) is 23.6. The number of aromatic nitrogens is 2. The zero-order valence-electron chi connectivity index (χ0n) is 18.7. The number of carbonyl (C=O) groups is 2. The lowest BCUT2D eigenvalue weighted by molar-refractivity contribution is -0.138. The Hall–Kier alpha value is -4.31. The molecule has 0 aliphatic heterocycles. The molecule has 3 rings (SSSR count). The molecule has 0 saturated heterocycles. The van der Waals surface area contributed by atoms with E-state index >= 15 is 0 Å². The third-order valence-corrected chi connectivity index (χ3v) is 5.12. The molecule has 0 bridgehead atoms. The van der Waals surface area contributed by atoms with Gasteiger partial charge in [-0.3, -0.25) is 24.7 Å². The van der Waals surface area contributed by atoms with E-state index in [0.717, 1.165) is 10.2 Å². The molecule has 0 saturated carbocycles. The predicted molar refractivity (Wildman–Crippen MR) is 128 cm³/mol. The third-order valence-electron chi connectivity index (χ3n) is 5.12. The van der Waals surface area contributed by atoms with Crippen LogP contribution >= 0.6 is 0 Å². The number of nitrogens with one attached hydrogen (secondary N) is 2. The Balaban J connectivity index is 1.71. The average Bonchev–Trinajstić information content (AvgIpc) is 2.81. The van der Waals surface area contributed by atoms with E-state index in [4.69, 9.17) is 11.1 Å². The van der Waals surface area contributed by atoms with Crippen molar-refractivity contribution in [3.63, 3.8) is 0 Å². The topological polar surface area (TPSA) is 154 Å². The summed E-state index contributed by atoms with van der Waals surface area (Å²) in [4.78, 5) is 38.2. The number of amides is 1. The summed E-state index contributed by atoms with van der Waals surface area (Å²) >= 11 is 0. The van der Waals surface area contributed by atoms with E-state index in [0.29, 0.717) is 23.4 Å². The molecule has 0 fully saturated rings. The predicted octanol–water partition coefficient (Wildman–Crippen LogP) is 1.05. The average molecular weight is 463 g/mol. The second-order valence-corrected chi connectivity index (χ2v) is 7.71. The van der Waals surface area contributed by atoms with Crippen molar-refractivity contribution in [3.05, 3.63) is 87.7 Å². The summed E-state index contributed by atoms with van der Waals surface area (Å²) < 4.78 is 1.09. The normalized spacial score (nSPS) is 10.8. The fourth-order valence-corrected chi connectivity index (χ4v) is 3.40. The van der Waals surface area contributed by atoms with Gasteiger partial charge in [-0.1, -0.05) is 54.6 Å². The van der Waals surface area contributed by atoms with Gasteiger partial charge in [-0.15, -0.1) is 0 Å². The third kappa shape index (κ3) is 6.36. The Kier molecular flexibility index (Phi) is 7.88. The van der Waals surface area contributed by atoms with Crippen LogP contribution in [0.4, 0.5) is 0 Å². The zero-order chi connectivity index (χ0) is 24.7. The fraction of sp³-hybridized carbons (Fsp3) is 0.208. The minimum atomic E-state index is -0.967. The maximum Gasteiger partial charge on any atom is 0.317 e. The summed E-state index contributed by atoms with van der Waals surface area (Å²) in [5.41, 5.74) is 7.44. The van der Waals surface area contributed by atoms with Crippen LogP contribution in [0.2, 0.25) is 0 Å². The molecule has 3 aromatic rings. The molecule has 0 unspecified atom stereocenters. The monoisotopic (exact) mass is 462 g/mol. The lowest BCUT2D eigenvalue weighted by atomic mass is 10.1. The molecule has 1 amide bonds. The van der Waals surface area contributed by atoms with Crippen LogP contribution in [0.15, 0.2) is 65.5 Å². The van der Waals surface area contributed by atoms with Crippen molar-refractivity contribution < 1.29 is 14.7 Å². The lowest BCUT2D eigenvalue weighted by Gasteiger charge is -2.20. The largest absolute Gasteiger partial charge is 0.480 e. The van der Waals surface area contributed by atoms with Gasteiger partial charge in [0, 0.05) is 37.8 Å². The molecule has 0 atom stereocenters. The number of benzene rings is 2. The highest BCUT2D eigenvalue weighted by Crippen LogP contribution is 2.17. The van der Waals surface area contributed by atoms with Gasteiger partial charge in [0.1, 0.15) is 11.4 Å². The van der Waals surface area contributed by atoms with Gasteiger partial charge in [0.25, 0.3) is 11.5 Å². The quantitative estimate of drug-likeness (QED) is 0.259. The van der Waals surface area contributed by atoms with Crippen LogP contribution in [-0.2, 0) is 18.4 Å². The first kappa shape index (κ1) is 24.3. The van der Waals surface area contributed by atoms with Gasteiger partial charge in [-0.2, -0.15) is 5.10 Å². The Morgan fingerprint density at radius 2 is 1.82 bits per heavy atom. The van der Waals surface area contributed by atoms with Crippen LogP contribution in [0.25, 0.3) is 11.3 Å². The molecular formula is C24H26N6O4. The minimum absolute atomic E-state index is 0.0655.